The maximum Gasteiger partial charge on any atom is 0.235 e. The fourth-order valence-corrected chi connectivity index (χ4v) is 1.04. The summed E-state index contributed by atoms with van der Waals surface area (Å²) >= 11 is 5.75. The van der Waals surface area contributed by atoms with E-state index in [1.165, 1.54) is 0 Å². The van der Waals surface area contributed by atoms with Crippen LogP contribution in [0.1, 0.15) is 40.5 Å². The normalized spacial score (nSPS) is 13.6. The van der Waals surface area contributed by atoms with Crippen molar-refractivity contribution in [3.63, 3.8) is 0 Å². The van der Waals surface area contributed by atoms with Crippen LogP contribution < -0.4 is 5.73 Å². The van der Waals surface area contributed by atoms with Crippen molar-refractivity contribution in [2.24, 2.45) is 17.1 Å². The number of carbonyl (C=O) groups is 1. The number of carbonyl (C=O) groups excluding carboxylic acids is 1. The maximum atomic E-state index is 10.7. The Morgan fingerprint density at radius 1 is 1.43 bits per heavy atom. The van der Waals surface area contributed by atoms with E-state index in [4.69, 9.17) is 17.3 Å². The largest absolute Gasteiger partial charge is 0.368 e. The van der Waals surface area contributed by atoms with E-state index in [1.54, 1.807) is 0 Å². The highest BCUT2D eigenvalue weighted by atomic mass is 35.5. The second-order valence-corrected chi connectivity index (χ2v) is 5.08. The third-order valence-electron chi connectivity index (χ3n) is 2.91. The Balaban J connectivity index is 0. The second kappa shape index (κ2) is 6.52. The lowest BCUT2D eigenvalue weighted by Gasteiger charge is -2.29. The van der Waals surface area contributed by atoms with Gasteiger partial charge in [-0.25, -0.2) is 0 Å². The Morgan fingerprint density at radius 3 is 2.14 bits per heavy atom. The lowest BCUT2D eigenvalue weighted by molar-refractivity contribution is -0.117. The van der Waals surface area contributed by atoms with Gasteiger partial charge in [-0.15, -0.1) is 24.0 Å². The quantitative estimate of drug-likeness (QED) is 0.740. The third kappa shape index (κ3) is 5.71. The molecule has 0 radical (unpaired) electrons. The average Bonchev–Trinajstić information content (AvgIpc) is 1.99. The van der Waals surface area contributed by atoms with Crippen molar-refractivity contribution in [2.45, 2.75) is 45.9 Å². The van der Waals surface area contributed by atoms with E-state index in [0.717, 1.165) is 6.42 Å². The maximum absolute atomic E-state index is 10.7. The highest BCUT2D eigenvalue weighted by molar-refractivity contribution is 6.30. The molecule has 0 aromatic carbocycles. The minimum atomic E-state index is -0.516. The molecule has 4 heteroatoms. The van der Waals surface area contributed by atoms with E-state index >= 15 is 0 Å². The Hall–Kier alpha value is 0.0500. The van der Waals surface area contributed by atoms with Crippen molar-refractivity contribution in [2.75, 3.05) is 0 Å². The van der Waals surface area contributed by atoms with Gasteiger partial charge in [0.15, 0.2) is 0 Å². The van der Waals surface area contributed by atoms with Crippen molar-refractivity contribution in [1.29, 1.82) is 0 Å². The van der Waals surface area contributed by atoms with Gasteiger partial charge in [0.25, 0.3) is 0 Å². The molecule has 0 aromatic rings. The number of nitrogens with two attached hydrogens (primary N) is 1. The molecule has 0 saturated carbocycles. The first-order valence-corrected chi connectivity index (χ1v) is 5.14. The van der Waals surface area contributed by atoms with Crippen LogP contribution in [0, 0.1) is 11.3 Å². The number of halogens is 2. The van der Waals surface area contributed by atoms with E-state index in [1.807, 2.05) is 0 Å². The van der Waals surface area contributed by atoms with Gasteiger partial charge in [0.2, 0.25) is 5.91 Å². The van der Waals surface area contributed by atoms with Crippen LogP contribution in [0.25, 0.3) is 0 Å². The molecule has 1 atom stereocenters. The minimum absolute atomic E-state index is 0. The first-order valence-electron chi connectivity index (χ1n) is 4.70. The van der Waals surface area contributed by atoms with Gasteiger partial charge < -0.3 is 5.73 Å². The van der Waals surface area contributed by atoms with Crippen LogP contribution in [0.5, 0.6) is 0 Å². The molecule has 1 amide bonds. The molecule has 0 fully saturated rings. The molecule has 0 bridgehead atoms. The fraction of sp³-hybridized carbons (Fsp3) is 0.900. The molecule has 14 heavy (non-hydrogen) atoms. The summed E-state index contributed by atoms with van der Waals surface area (Å²) in [5.41, 5.74) is 5.30. The predicted octanol–water partition coefficient (Wildman–Crippen LogP) is 2.96. The Bertz CT molecular complexity index is 181. The number of amides is 1. The summed E-state index contributed by atoms with van der Waals surface area (Å²) in [5.74, 6) is 0.172. The SMILES string of the molecule is CC(C)C(C)(C)CCC(Cl)C(N)=O.Cl. The molecule has 0 aliphatic rings. The van der Waals surface area contributed by atoms with Crippen molar-refractivity contribution in [3.8, 4) is 0 Å². The number of hydrogen-bond acceptors (Lipinski definition) is 1. The molecule has 2 nitrogen and oxygen atoms in total. The molecule has 0 aliphatic carbocycles. The second-order valence-electron chi connectivity index (χ2n) is 4.55. The van der Waals surface area contributed by atoms with Crippen LogP contribution in [-0.2, 0) is 4.79 Å². The van der Waals surface area contributed by atoms with Crippen LogP contribution in [0.15, 0.2) is 0 Å². The summed E-state index contributed by atoms with van der Waals surface area (Å²) in [7, 11) is 0. The molecular weight excluding hydrogens is 221 g/mol. The molecule has 0 aromatic heterocycles. The first-order chi connectivity index (χ1) is 5.77. The Labute approximate surface area is 98.0 Å². The van der Waals surface area contributed by atoms with Gasteiger partial charge in [0.05, 0.1) is 0 Å². The molecule has 0 rings (SSSR count). The van der Waals surface area contributed by atoms with E-state index in [9.17, 15) is 4.79 Å². The van der Waals surface area contributed by atoms with Gasteiger partial charge in [-0.05, 0) is 24.2 Å². The number of primary amides is 1. The number of rotatable bonds is 5. The molecule has 2 N–H and O–H groups in total. The molecule has 0 saturated heterocycles. The van der Waals surface area contributed by atoms with Crippen molar-refractivity contribution in [3.05, 3.63) is 0 Å². The summed E-state index contributed by atoms with van der Waals surface area (Å²) in [6, 6.07) is 0. The molecule has 0 spiro atoms. The molecule has 0 heterocycles. The van der Waals surface area contributed by atoms with Gasteiger partial charge >= 0.3 is 0 Å². The monoisotopic (exact) mass is 241 g/mol. The topological polar surface area (TPSA) is 43.1 Å². The molecule has 86 valence electrons. The van der Waals surface area contributed by atoms with Crippen LogP contribution in [0.4, 0.5) is 0 Å². The summed E-state index contributed by atoms with van der Waals surface area (Å²) in [5, 5.41) is -0.516. The van der Waals surface area contributed by atoms with E-state index in [0.29, 0.717) is 12.3 Å². The number of alkyl halides is 1. The van der Waals surface area contributed by atoms with Crippen LogP contribution >= 0.6 is 24.0 Å². The lowest BCUT2D eigenvalue weighted by atomic mass is 9.77. The zero-order valence-corrected chi connectivity index (χ0v) is 10.9. The summed E-state index contributed by atoms with van der Waals surface area (Å²) in [6.45, 7) is 8.71. The van der Waals surface area contributed by atoms with Crippen LogP contribution in [0.3, 0.4) is 0 Å². The van der Waals surface area contributed by atoms with Crippen LogP contribution in [-0.4, -0.2) is 11.3 Å². The zero-order chi connectivity index (χ0) is 10.6. The highest BCUT2D eigenvalue weighted by Gasteiger charge is 2.24. The van der Waals surface area contributed by atoms with E-state index < -0.39 is 11.3 Å². The van der Waals surface area contributed by atoms with Crippen molar-refractivity contribution in [1.82, 2.24) is 0 Å². The number of hydrogen-bond donors (Lipinski definition) is 1. The Morgan fingerprint density at radius 2 is 1.86 bits per heavy atom. The van der Waals surface area contributed by atoms with Crippen LogP contribution in [0.2, 0.25) is 0 Å². The highest BCUT2D eigenvalue weighted by Crippen LogP contribution is 2.32. The summed E-state index contributed by atoms with van der Waals surface area (Å²) in [6.07, 6.45) is 1.60. The van der Waals surface area contributed by atoms with Crippen molar-refractivity contribution >= 4 is 29.9 Å². The van der Waals surface area contributed by atoms with E-state index in [2.05, 4.69) is 27.7 Å². The first kappa shape index (κ1) is 16.5. The van der Waals surface area contributed by atoms with E-state index in [-0.39, 0.29) is 17.8 Å². The van der Waals surface area contributed by atoms with Gasteiger partial charge in [-0.2, -0.15) is 0 Å². The van der Waals surface area contributed by atoms with Gasteiger partial charge in [-0.3, -0.25) is 4.79 Å². The fourth-order valence-electron chi connectivity index (χ4n) is 0.930. The standard InChI is InChI=1S/C10H20ClNO.ClH/c1-7(2)10(3,4)6-5-8(11)9(12)13;/h7-8H,5-6H2,1-4H3,(H2,12,13);1H. The molecule has 0 aliphatic heterocycles. The molecule has 1 unspecified atom stereocenters. The summed E-state index contributed by atoms with van der Waals surface area (Å²) in [4.78, 5) is 10.7. The van der Waals surface area contributed by atoms with Gasteiger partial charge in [0, 0.05) is 0 Å². The average molecular weight is 242 g/mol. The van der Waals surface area contributed by atoms with Gasteiger partial charge in [0.1, 0.15) is 5.38 Å². The smallest absolute Gasteiger partial charge is 0.235 e. The lowest BCUT2D eigenvalue weighted by Crippen LogP contribution is -2.27. The Kier molecular flexibility index (Phi) is 7.67. The van der Waals surface area contributed by atoms with Gasteiger partial charge in [-0.1, -0.05) is 27.7 Å². The zero-order valence-electron chi connectivity index (χ0n) is 9.34. The third-order valence-corrected chi connectivity index (χ3v) is 3.35. The molecular formula is C10H21Cl2NO. The predicted molar refractivity (Wildman–Crippen MR) is 63.9 cm³/mol. The van der Waals surface area contributed by atoms with Crippen molar-refractivity contribution < 1.29 is 4.79 Å². The minimum Gasteiger partial charge on any atom is -0.368 e. The summed E-state index contributed by atoms with van der Waals surface area (Å²) < 4.78 is 0.